The van der Waals surface area contributed by atoms with Crippen molar-refractivity contribution < 1.29 is 0 Å². The number of halogens is 1. The molecule has 2 aromatic rings. The Kier molecular flexibility index (Phi) is 4.38. The van der Waals surface area contributed by atoms with Crippen LogP contribution >= 0.6 is 15.9 Å². The number of hydrogen-bond donors (Lipinski definition) is 2. The minimum absolute atomic E-state index is 0.0300. The van der Waals surface area contributed by atoms with Gasteiger partial charge < -0.3 is 0 Å². The van der Waals surface area contributed by atoms with Gasteiger partial charge in [0.15, 0.2) is 0 Å². The highest BCUT2D eigenvalue weighted by atomic mass is 79.9. The van der Waals surface area contributed by atoms with Crippen molar-refractivity contribution in [3.63, 3.8) is 0 Å². The molecule has 0 aliphatic heterocycles. The zero-order valence-corrected chi connectivity index (χ0v) is 13.0. The number of nitrogens with zero attached hydrogens (tertiary/aromatic N) is 4. The third-order valence-corrected chi connectivity index (χ3v) is 4.11. The number of rotatable bonds is 5. The van der Waals surface area contributed by atoms with Crippen molar-refractivity contribution in [3.05, 3.63) is 33.8 Å². The SMILES string of the molecule is CCc1nn(C)c(CC(NN)c2ccn(C)n2)c1Br. The first kappa shape index (κ1) is 14.2. The summed E-state index contributed by atoms with van der Waals surface area (Å²) >= 11 is 3.62. The van der Waals surface area contributed by atoms with E-state index in [9.17, 15) is 0 Å². The second-order valence-electron chi connectivity index (χ2n) is 4.52. The average Bonchev–Trinajstić information content (AvgIpc) is 2.92. The summed E-state index contributed by atoms with van der Waals surface area (Å²) in [5.74, 6) is 5.66. The molecule has 2 aromatic heterocycles. The van der Waals surface area contributed by atoms with Crippen molar-refractivity contribution in [2.24, 2.45) is 19.9 Å². The van der Waals surface area contributed by atoms with Crippen molar-refractivity contribution in [2.45, 2.75) is 25.8 Å². The lowest BCUT2D eigenvalue weighted by atomic mass is 10.1. The van der Waals surface area contributed by atoms with E-state index in [1.54, 1.807) is 4.68 Å². The molecular formula is C12H19BrN6. The highest BCUT2D eigenvalue weighted by Crippen LogP contribution is 2.25. The van der Waals surface area contributed by atoms with Crippen LogP contribution in [-0.4, -0.2) is 19.6 Å². The molecule has 0 spiro atoms. The summed E-state index contributed by atoms with van der Waals surface area (Å²) in [5.41, 5.74) is 5.93. The van der Waals surface area contributed by atoms with E-state index in [2.05, 4.69) is 38.5 Å². The predicted molar refractivity (Wildman–Crippen MR) is 77.3 cm³/mol. The van der Waals surface area contributed by atoms with E-state index >= 15 is 0 Å². The van der Waals surface area contributed by atoms with Crippen molar-refractivity contribution in [1.29, 1.82) is 0 Å². The number of aryl methyl sites for hydroxylation is 3. The van der Waals surface area contributed by atoms with Crippen LogP contribution in [0.2, 0.25) is 0 Å². The Balaban J connectivity index is 2.26. The largest absolute Gasteiger partial charge is 0.275 e. The summed E-state index contributed by atoms with van der Waals surface area (Å²) in [6, 6.07) is 1.94. The molecule has 6 nitrogen and oxygen atoms in total. The molecule has 0 saturated heterocycles. The molecule has 2 heterocycles. The van der Waals surface area contributed by atoms with Crippen LogP contribution in [0, 0.1) is 0 Å². The fraction of sp³-hybridized carbons (Fsp3) is 0.500. The first-order valence-electron chi connectivity index (χ1n) is 6.22. The van der Waals surface area contributed by atoms with Crippen LogP contribution in [0.5, 0.6) is 0 Å². The maximum absolute atomic E-state index is 5.66. The Morgan fingerprint density at radius 2 is 2.16 bits per heavy atom. The fourth-order valence-electron chi connectivity index (χ4n) is 2.10. The lowest BCUT2D eigenvalue weighted by molar-refractivity contribution is 0.510. The number of hydrazine groups is 1. The van der Waals surface area contributed by atoms with E-state index in [-0.39, 0.29) is 6.04 Å². The first-order valence-corrected chi connectivity index (χ1v) is 7.02. The highest BCUT2D eigenvalue weighted by Gasteiger charge is 2.19. The Morgan fingerprint density at radius 1 is 1.42 bits per heavy atom. The van der Waals surface area contributed by atoms with Crippen LogP contribution in [0.1, 0.15) is 30.0 Å². The summed E-state index contributed by atoms with van der Waals surface area (Å²) in [5, 5.41) is 8.88. The lowest BCUT2D eigenvalue weighted by Crippen LogP contribution is -2.30. The molecule has 0 amide bonds. The van der Waals surface area contributed by atoms with Gasteiger partial charge in [0.05, 0.1) is 27.6 Å². The molecule has 0 saturated carbocycles. The second kappa shape index (κ2) is 5.85. The molecule has 1 atom stereocenters. The first-order chi connectivity index (χ1) is 9.06. The van der Waals surface area contributed by atoms with Gasteiger partial charge in [-0.25, -0.2) is 0 Å². The summed E-state index contributed by atoms with van der Waals surface area (Å²) in [4.78, 5) is 0. The van der Waals surface area contributed by atoms with E-state index in [4.69, 9.17) is 5.84 Å². The number of nitrogens with one attached hydrogen (secondary N) is 1. The minimum atomic E-state index is -0.0300. The topological polar surface area (TPSA) is 73.7 Å². The molecule has 0 aliphatic carbocycles. The van der Waals surface area contributed by atoms with E-state index in [0.29, 0.717) is 0 Å². The summed E-state index contributed by atoms with van der Waals surface area (Å²) in [6.07, 6.45) is 3.55. The number of hydrogen-bond acceptors (Lipinski definition) is 4. The minimum Gasteiger partial charge on any atom is -0.275 e. The third kappa shape index (κ3) is 2.88. The molecule has 0 fully saturated rings. The number of aromatic nitrogens is 4. The quantitative estimate of drug-likeness (QED) is 0.640. The molecule has 0 radical (unpaired) electrons. The molecule has 0 bridgehead atoms. The van der Waals surface area contributed by atoms with Gasteiger partial charge in [0.25, 0.3) is 0 Å². The van der Waals surface area contributed by atoms with E-state index in [1.165, 1.54) is 0 Å². The summed E-state index contributed by atoms with van der Waals surface area (Å²) in [7, 11) is 3.84. The van der Waals surface area contributed by atoms with Gasteiger partial charge >= 0.3 is 0 Å². The van der Waals surface area contributed by atoms with Crippen molar-refractivity contribution in [2.75, 3.05) is 0 Å². The lowest BCUT2D eigenvalue weighted by Gasteiger charge is -2.14. The van der Waals surface area contributed by atoms with E-state index < -0.39 is 0 Å². The van der Waals surface area contributed by atoms with Gasteiger partial charge in [0, 0.05) is 26.7 Å². The highest BCUT2D eigenvalue weighted by molar-refractivity contribution is 9.10. The molecule has 3 N–H and O–H groups in total. The molecule has 19 heavy (non-hydrogen) atoms. The number of nitrogens with two attached hydrogens (primary N) is 1. The standard InChI is InChI=1S/C12H19BrN6/c1-4-8-12(13)11(19(3)17-8)7-10(15-14)9-5-6-18(2)16-9/h5-6,10,15H,4,7,14H2,1-3H3. The van der Waals surface area contributed by atoms with Crippen molar-refractivity contribution >= 4 is 15.9 Å². The van der Waals surface area contributed by atoms with Gasteiger partial charge in [-0.15, -0.1) is 0 Å². The van der Waals surface area contributed by atoms with Crippen LogP contribution in [0.3, 0.4) is 0 Å². The smallest absolute Gasteiger partial charge is 0.0811 e. The van der Waals surface area contributed by atoms with Crippen LogP contribution in [0.15, 0.2) is 16.7 Å². The summed E-state index contributed by atoms with van der Waals surface area (Å²) in [6.45, 7) is 2.09. The van der Waals surface area contributed by atoms with Gasteiger partial charge in [-0.1, -0.05) is 6.92 Å². The Morgan fingerprint density at radius 3 is 2.63 bits per heavy atom. The molecule has 2 rings (SSSR count). The Labute approximate surface area is 121 Å². The molecule has 7 heteroatoms. The summed E-state index contributed by atoms with van der Waals surface area (Å²) < 4.78 is 4.74. The van der Waals surface area contributed by atoms with Gasteiger partial charge in [-0.2, -0.15) is 10.2 Å². The zero-order chi connectivity index (χ0) is 14.0. The van der Waals surface area contributed by atoms with Crippen molar-refractivity contribution in [3.8, 4) is 0 Å². The average molecular weight is 327 g/mol. The molecular weight excluding hydrogens is 308 g/mol. The predicted octanol–water partition coefficient (Wildman–Crippen LogP) is 1.23. The van der Waals surface area contributed by atoms with Crippen molar-refractivity contribution in [1.82, 2.24) is 25.0 Å². The second-order valence-corrected chi connectivity index (χ2v) is 5.32. The van der Waals surface area contributed by atoms with Gasteiger partial charge in [-0.3, -0.25) is 20.6 Å². The van der Waals surface area contributed by atoms with E-state index in [0.717, 1.165) is 34.4 Å². The van der Waals surface area contributed by atoms with Gasteiger partial charge in [0.1, 0.15) is 0 Å². The third-order valence-electron chi connectivity index (χ3n) is 3.19. The normalized spacial score (nSPS) is 12.9. The molecule has 0 aliphatic rings. The van der Waals surface area contributed by atoms with Crippen LogP contribution < -0.4 is 11.3 Å². The van der Waals surface area contributed by atoms with Gasteiger partial charge in [-0.05, 0) is 28.4 Å². The maximum atomic E-state index is 5.66. The fourth-order valence-corrected chi connectivity index (χ4v) is 2.88. The van der Waals surface area contributed by atoms with Crippen LogP contribution in [-0.2, 0) is 26.9 Å². The molecule has 1 unspecified atom stereocenters. The Bertz CT molecular complexity index is 559. The van der Waals surface area contributed by atoms with Crippen LogP contribution in [0.25, 0.3) is 0 Å². The zero-order valence-electron chi connectivity index (χ0n) is 11.4. The van der Waals surface area contributed by atoms with Gasteiger partial charge in [0.2, 0.25) is 0 Å². The maximum Gasteiger partial charge on any atom is 0.0811 e. The van der Waals surface area contributed by atoms with E-state index in [1.807, 2.05) is 31.0 Å². The molecule has 104 valence electrons. The monoisotopic (exact) mass is 326 g/mol. The van der Waals surface area contributed by atoms with Crippen LogP contribution in [0.4, 0.5) is 0 Å². The Hall–Kier alpha value is -1.18. The molecule has 0 aromatic carbocycles.